The summed E-state index contributed by atoms with van der Waals surface area (Å²) in [6.45, 7) is 4.84. The first-order valence-corrected chi connectivity index (χ1v) is 22.0. The summed E-state index contributed by atoms with van der Waals surface area (Å²) in [6, 6.07) is 0. The molecule has 2 atom stereocenters. The fraction of sp³-hybridized carbons (Fsp3) is 0.974. The number of phosphoric ester groups is 1. The van der Waals surface area contributed by atoms with Gasteiger partial charge in [0.1, 0.15) is 6.10 Å². The minimum Gasteiger partial charge on any atom is -0.457 e. The fourth-order valence-electron chi connectivity index (χ4n) is 6.00. The van der Waals surface area contributed by atoms with Crippen LogP contribution in [0.25, 0.3) is 0 Å². The molecule has 8 nitrogen and oxygen atoms in total. The van der Waals surface area contributed by atoms with Gasteiger partial charge in [0.05, 0.1) is 19.8 Å². The Morgan fingerprint density at radius 3 is 1.31 bits per heavy atom. The van der Waals surface area contributed by atoms with Gasteiger partial charge in [-0.15, -0.1) is 0 Å². The third kappa shape index (κ3) is 36.8. The Labute approximate surface area is 297 Å². The Bertz CT molecular complexity index is 712. The smallest absolute Gasteiger partial charge is 0.457 e. The molecule has 0 aliphatic heterocycles. The maximum absolute atomic E-state index is 12.3. The lowest BCUT2D eigenvalue weighted by Gasteiger charge is -2.20. The van der Waals surface area contributed by atoms with Crippen molar-refractivity contribution in [2.24, 2.45) is 5.73 Å². The summed E-state index contributed by atoms with van der Waals surface area (Å²) < 4.78 is 33.0. The van der Waals surface area contributed by atoms with Gasteiger partial charge in [0.15, 0.2) is 0 Å². The second-order valence-electron chi connectivity index (χ2n) is 13.9. The number of phosphoric acid groups is 1. The summed E-state index contributed by atoms with van der Waals surface area (Å²) in [5.74, 6) is -0.344. The molecule has 3 N–H and O–H groups in total. The number of nitrogens with two attached hydrogens (primary N) is 1. The highest BCUT2D eigenvalue weighted by atomic mass is 31.2. The van der Waals surface area contributed by atoms with Crippen LogP contribution in [-0.4, -0.2) is 49.9 Å². The summed E-state index contributed by atoms with van der Waals surface area (Å²) in [7, 11) is -4.25. The lowest BCUT2D eigenvalue weighted by Crippen LogP contribution is -2.28. The molecule has 0 aromatic heterocycles. The predicted octanol–water partition coefficient (Wildman–Crippen LogP) is 11.7. The Morgan fingerprint density at radius 2 is 0.917 bits per heavy atom. The summed E-state index contributed by atoms with van der Waals surface area (Å²) in [5, 5.41) is 0. The van der Waals surface area contributed by atoms with Crippen LogP contribution in [0.3, 0.4) is 0 Å². The van der Waals surface area contributed by atoms with Crippen molar-refractivity contribution in [2.75, 3.05) is 33.0 Å². The van der Waals surface area contributed by atoms with Gasteiger partial charge >= 0.3 is 13.8 Å². The Balaban J connectivity index is 3.64. The average Bonchev–Trinajstić information content (AvgIpc) is 3.07. The first-order valence-electron chi connectivity index (χ1n) is 20.5. The summed E-state index contributed by atoms with van der Waals surface area (Å²) in [6.07, 6.45) is 37.7. The van der Waals surface area contributed by atoms with Gasteiger partial charge in [-0.05, 0) is 12.8 Å². The lowest BCUT2D eigenvalue weighted by molar-refractivity contribution is -0.154. The van der Waals surface area contributed by atoms with Crippen LogP contribution < -0.4 is 5.73 Å². The number of rotatable bonds is 40. The van der Waals surface area contributed by atoms with Crippen molar-refractivity contribution in [3.63, 3.8) is 0 Å². The van der Waals surface area contributed by atoms with Crippen molar-refractivity contribution in [1.82, 2.24) is 0 Å². The van der Waals surface area contributed by atoms with E-state index < -0.39 is 13.9 Å². The summed E-state index contributed by atoms with van der Waals surface area (Å²) in [4.78, 5) is 22.0. The fourth-order valence-corrected chi connectivity index (χ4v) is 6.76. The van der Waals surface area contributed by atoms with Crippen molar-refractivity contribution >= 4 is 13.8 Å². The zero-order valence-electron chi connectivity index (χ0n) is 31.7. The quantitative estimate of drug-likeness (QED) is 0.0367. The monoisotopic (exact) mass is 706 g/mol. The molecule has 288 valence electrons. The van der Waals surface area contributed by atoms with E-state index in [9.17, 15) is 14.3 Å². The van der Waals surface area contributed by atoms with Crippen LogP contribution in [-0.2, 0) is 27.9 Å². The summed E-state index contributed by atoms with van der Waals surface area (Å²) >= 11 is 0. The van der Waals surface area contributed by atoms with E-state index in [4.69, 9.17) is 24.3 Å². The predicted molar refractivity (Wildman–Crippen MR) is 201 cm³/mol. The maximum Gasteiger partial charge on any atom is 0.472 e. The second kappa shape index (κ2) is 37.7. The molecule has 0 rings (SSSR count). The van der Waals surface area contributed by atoms with Gasteiger partial charge in [-0.2, -0.15) is 0 Å². The Hall–Kier alpha value is -0.500. The first kappa shape index (κ1) is 47.5. The Morgan fingerprint density at radius 1 is 0.542 bits per heavy atom. The van der Waals surface area contributed by atoms with Crippen LogP contribution in [0, 0.1) is 0 Å². The number of carbonyl (C=O) groups is 1. The van der Waals surface area contributed by atoms with Crippen LogP contribution in [0.2, 0.25) is 0 Å². The standard InChI is InChI=1S/C39H80NO7P/c1-3-5-7-9-10-11-12-13-14-15-16-17-18-19-20-21-22-23-24-25-26-27-28-29-31-34-44-36-38(37-46-48(42,43)45-35-33-40)47-39(41)32-30-8-6-4-2/h38H,3-37,40H2,1-2H3,(H,42,43). The minimum absolute atomic E-state index is 0.0915. The number of unbranched alkanes of at least 4 members (excludes halogenated alkanes) is 27. The third-order valence-corrected chi connectivity index (χ3v) is 10.0. The zero-order chi connectivity index (χ0) is 35.2. The second-order valence-corrected chi connectivity index (χ2v) is 15.3. The van der Waals surface area contributed by atoms with E-state index in [1.54, 1.807) is 0 Å². The molecule has 0 spiro atoms. The molecule has 0 heterocycles. The molecule has 0 aromatic rings. The highest BCUT2D eigenvalue weighted by Gasteiger charge is 2.25. The van der Waals surface area contributed by atoms with E-state index in [2.05, 4.69) is 13.8 Å². The largest absolute Gasteiger partial charge is 0.472 e. The van der Waals surface area contributed by atoms with Gasteiger partial charge in [0.25, 0.3) is 0 Å². The molecular formula is C39H80NO7P. The van der Waals surface area contributed by atoms with Gasteiger partial charge in [-0.1, -0.05) is 187 Å². The zero-order valence-corrected chi connectivity index (χ0v) is 32.6. The van der Waals surface area contributed by atoms with Gasteiger partial charge in [0, 0.05) is 19.6 Å². The molecule has 0 saturated heterocycles. The SMILES string of the molecule is CCCCCCCCCCCCCCCCCCCCCCCCCCCOCC(COP(=O)(O)OCCN)OC(=O)CCCCCC. The Kier molecular flexibility index (Phi) is 37.4. The number of esters is 1. The molecule has 0 fully saturated rings. The third-order valence-electron chi connectivity index (χ3n) is 9.02. The minimum atomic E-state index is -4.25. The van der Waals surface area contributed by atoms with Crippen LogP contribution in [0.4, 0.5) is 0 Å². The number of hydrogen-bond acceptors (Lipinski definition) is 7. The molecule has 0 aromatic carbocycles. The number of hydrogen-bond donors (Lipinski definition) is 2. The molecule has 0 saturated carbocycles. The maximum atomic E-state index is 12.3. The molecular weight excluding hydrogens is 625 g/mol. The van der Waals surface area contributed by atoms with E-state index >= 15 is 0 Å². The van der Waals surface area contributed by atoms with Crippen molar-refractivity contribution in [3.05, 3.63) is 0 Å². The normalized spacial score (nSPS) is 13.5. The molecule has 0 aliphatic carbocycles. The first-order chi connectivity index (χ1) is 23.4. The van der Waals surface area contributed by atoms with Gasteiger partial charge in [-0.25, -0.2) is 4.57 Å². The molecule has 0 radical (unpaired) electrons. The highest BCUT2D eigenvalue weighted by molar-refractivity contribution is 7.47. The van der Waals surface area contributed by atoms with Crippen molar-refractivity contribution in [1.29, 1.82) is 0 Å². The van der Waals surface area contributed by atoms with Crippen molar-refractivity contribution in [3.8, 4) is 0 Å². The van der Waals surface area contributed by atoms with Crippen molar-refractivity contribution in [2.45, 2.75) is 213 Å². The molecule has 48 heavy (non-hydrogen) atoms. The molecule has 2 unspecified atom stereocenters. The molecule has 9 heteroatoms. The van der Waals surface area contributed by atoms with Crippen LogP contribution in [0.1, 0.15) is 206 Å². The van der Waals surface area contributed by atoms with Crippen LogP contribution >= 0.6 is 7.82 Å². The van der Waals surface area contributed by atoms with E-state index in [0.717, 1.165) is 38.5 Å². The summed E-state index contributed by atoms with van der Waals surface area (Å²) in [5.41, 5.74) is 5.33. The number of carbonyl (C=O) groups excluding carboxylic acids is 1. The molecule has 0 amide bonds. The van der Waals surface area contributed by atoms with Crippen LogP contribution in [0.15, 0.2) is 0 Å². The van der Waals surface area contributed by atoms with Gasteiger partial charge in [-0.3, -0.25) is 13.8 Å². The van der Waals surface area contributed by atoms with Gasteiger partial charge in [0.2, 0.25) is 0 Å². The number of ether oxygens (including phenoxy) is 2. The van der Waals surface area contributed by atoms with Crippen LogP contribution in [0.5, 0.6) is 0 Å². The van der Waals surface area contributed by atoms with Gasteiger partial charge < -0.3 is 20.1 Å². The average molecular weight is 706 g/mol. The van der Waals surface area contributed by atoms with Crippen molar-refractivity contribution < 1.29 is 32.8 Å². The highest BCUT2D eigenvalue weighted by Crippen LogP contribution is 2.43. The molecule has 0 aliphatic rings. The van der Waals surface area contributed by atoms with E-state index in [1.165, 1.54) is 148 Å². The van der Waals surface area contributed by atoms with E-state index in [0.29, 0.717) is 13.0 Å². The topological polar surface area (TPSA) is 117 Å². The van der Waals surface area contributed by atoms with E-state index in [-0.39, 0.29) is 32.3 Å². The van der Waals surface area contributed by atoms with E-state index in [1.807, 2.05) is 0 Å². The lowest BCUT2D eigenvalue weighted by atomic mass is 10.0. The molecule has 0 bridgehead atoms.